The van der Waals surface area contributed by atoms with Gasteiger partial charge in [-0.3, -0.25) is 0 Å². The molecular weight excluding hydrogens is 323 g/mol. The number of nitrogens with zero attached hydrogens (tertiary/aromatic N) is 2. The second-order valence-electron chi connectivity index (χ2n) is 5.78. The molecule has 1 aliphatic heterocycles. The van der Waals surface area contributed by atoms with Gasteiger partial charge < -0.3 is 0 Å². The normalized spacial score (nSPS) is 18.5. The number of carboxylic acid groups (broad SMARTS) is 1. The molecule has 0 aliphatic carbocycles. The van der Waals surface area contributed by atoms with Gasteiger partial charge in [-0.1, -0.05) is 0 Å². The van der Waals surface area contributed by atoms with Gasteiger partial charge in [-0.15, -0.1) is 0 Å². The minimum absolute atomic E-state index is 0.500. The predicted molar refractivity (Wildman–Crippen MR) is 99.5 cm³/mol. The second kappa shape index (κ2) is 6.63. The Morgan fingerprint density at radius 1 is 0.958 bits per heavy atom. The van der Waals surface area contributed by atoms with Crippen LogP contribution >= 0.6 is 7.79 Å². The van der Waals surface area contributed by atoms with E-state index in [9.17, 15) is 14.8 Å². The van der Waals surface area contributed by atoms with Gasteiger partial charge in [0.25, 0.3) is 0 Å². The van der Waals surface area contributed by atoms with Gasteiger partial charge in [-0.05, 0) is 0 Å². The SMILES string of the molecule is C/C(=C/C(=O)O)[PH]1(O)N(c2ccccc2)CCN1c1ccccc1. The molecule has 1 aliphatic rings. The molecule has 2 aromatic rings. The van der Waals surface area contributed by atoms with Gasteiger partial charge in [0, 0.05) is 0 Å². The number of hydrogen-bond donors (Lipinski definition) is 2. The molecule has 24 heavy (non-hydrogen) atoms. The molecule has 0 amide bonds. The van der Waals surface area contributed by atoms with Crippen LogP contribution in [0.25, 0.3) is 0 Å². The fraction of sp³-hybridized carbons (Fsp3) is 0.167. The molecule has 3 rings (SSSR count). The van der Waals surface area contributed by atoms with Crippen molar-refractivity contribution in [1.29, 1.82) is 0 Å². The monoisotopic (exact) mass is 344 g/mol. The van der Waals surface area contributed by atoms with Crippen LogP contribution in [0.2, 0.25) is 0 Å². The van der Waals surface area contributed by atoms with Crippen LogP contribution in [0.15, 0.2) is 72.1 Å². The van der Waals surface area contributed by atoms with E-state index in [1.807, 2.05) is 70.0 Å². The molecule has 0 bridgehead atoms. The number of aliphatic carboxylic acids is 1. The van der Waals surface area contributed by atoms with E-state index in [-0.39, 0.29) is 0 Å². The molecular formula is C18H21N2O3P. The van der Waals surface area contributed by atoms with E-state index in [1.165, 1.54) is 0 Å². The van der Waals surface area contributed by atoms with Crippen molar-refractivity contribution < 1.29 is 14.8 Å². The Labute approximate surface area is 142 Å². The Morgan fingerprint density at radius 2 is 1.38 bits per heavy atom. The Hall–Kier alpha value is -2.36. The van der Waals surface area contributed by atoms with Crippen LogP contribution < -0.4 is 9.34 Å². The van der Waals surface area contributed by atoms with Crippen molar-refractivity contribution >= 4 is 25.1 Å². The number of hydrogen-bond acceptors (Lipinski definition) is 4. The quantitative estimate of drug-likeness (QED) is 0.657. The molecule has 0 radical (unpaired) electrons. The number of carbonyl (C=O) groups is 1. The maximum atomic E-state index is 11.7. The van der Waals surface area contributed by atoms with Crippen molar-refractivity contribution in [2.24, 2.45) is 0 Å². The summed E-state index contributed by atoms with van der Waals surface area (Å²) in [7, 11) is -3.35. The Balaban J connectivity index is 2.10. The van der Waals surface area contributed by atoms with E-state index in [4.69, 9.17) is 0 Å². The van der Waals surface area contributed by atoms with Crippen molar-refractivity contribution in [3.63, 3.8) is 0 Å². The zero-order chi connectivity index (χ0) is 17.2. The van der Waals surface area contributed by atoms with Crippen molar-refractivity contribution in [3.8, 4) is 0 Å². The summed E-state index contributed by atoms with van der Waals surface area (Å²) in [6, 6.07) is 19.3. The topological polar surface area (TPSA) is 64.0 Å². The zero-order valence-electron chi connectivity index (χ0n) is 13.5. The summed E-state index contributed by atoms with van der Waals surface area (Å²) in [4.78, 5) is 22.9. The maximum absolute atomic E-state index is 11.7. The molecule has 126 valence electrons. The third kappa shape index (κ3) is 2.88. The number of anilines is 2. The molecule has 2 N–H and O–H groups in total. The first-order valence-electron chi connectivity index (χ1n) is 7.83. The number of para-hydroxylation sites is 2. The van der Waals surface area contributed by atoms with Crippen LogP contribution in [0.3, 0.4) is 0 Å². The summed E-state index contributed by atoms with van der Waals surface area (Å²) in [5.41, 5.74) is 1.81. The van der Waals surface area contributed by atoms with E-state index in [0.29, 0.717) is 18.4 Å². The van der Waals surface area contributed by atoms with Crippen LogP contribution in [0, 0.1) is 0 Å². The van der Waals surface area contributed by atoms with Crippen LogP contribution in [-0.4, -0.2) is 29.1 Å². The average molecular weight is 344 g/mol. The van der Waals surface area contributed by atoms with Gasteiger partial charge in [0.2, 0.25) is 0 Å². The van der Waals surface area contributed by atoms with Gasteiger partial charge in [0.1, 0.15) is 0 Å². The van der Waals surface area contributed by atoms with Crippen LogP contribution in [0.1, 0.15) is 6.92 Å². The Morgan fingerprint density at radius 3 is 1.75 bits per heavy atom. The number of allylic oxidation sites excluding steroid dienone is 1. The summed E-state index contributed by atoms with van der Waals surface area (Å²) in [5.74, 6) is -1.04. The first-order chi connectivity index (χ1) is 11.5. The molecule has 5 nitrogen and oxygen atoms in total. The van der Waals surface area contributed by atoms with E-state index < -0.39 is 13.8 Å². The molecule has 6 heteroatoms. The van der Waals surface area contributed by atoms with Crippen LogP contribution in [-0.2, 0) is 4.79 Å². The first-order valence-corrected chi connectivity index (χ1v) is 9.67. The predicted octanol–water partition coefficient (Wildman–Crippen LogP) is 3.49. The number of rotatable bonds is 4. The van der Waals surface area contributed by atoms with Crippen molar-refractivity contribution in [2.75, 3.05) is 22.4 Å². The molecule has 0 atom stereocenters. The second-order valence-corrected chi connectivity index (χ2v) is 8.91. The van der Waals surface area contributed by atoms with E-state index in [1.54, 1.807) is 6.92 Å². The third-order valence-electron chi connectivity index (χ3n) is 4.30. The molecule has 0 saturated carbocycles. The average Bonchev–Trinajstić information content (AvgIpc) is 2.94. The first kappa shape index (κ1) is 16.5. The molecule has 0 spiro atoms. The molecule has 0 unspecified atom stereocenters. The van der Waals surface area contributed by atoms with E-state index >= 15 is 0 Å². The number of carboxylic acids is 1. The fourth-order valence-corrected chi connectivity index (χ4v) is 6.50. The van der Waals surface area contributed by atoms with E-state index in [0.717, 1.165) is 17.5 Å². The van der Waals surface area contributed by atoms with Gasteiger partial charge in [-0.2, -0.15) is 0 Å². The standard InChI is InChI=1S/C18H21N2O3P/c1-15(14-18(21)22)24(23)19(16-8-4-2-5-9-16)12-13-20(24)17-10-6-3-7-11-17/h2-11,14,23-24H,12-13H2,1H3,(H,21,22)/b15-14-. The van der Waals surface area contributed by atoms with E-state index in [2.05, 4.69) is 0 Å². The van der Waals surface area contributed by atoms with Gasteiger partial charge in [-0.25, -0.2) is 0 Å². The molecule has 0 aromatic heterocycles. The Bertz CT molecular complexity index is 702. The van der Waals surface area contributed by atoms with Gasteiger partial charge >= 0.3 is 141 Å². The van der Waals surface area contributed by atoms with Crippen molar-refractivity contribution in [1.82, 2.24) is 0 Å². The molecule has 1 fully saturated rings. The summed E-state index contributed by atoms with van der Waals surface area (Å²) in [6.45, 7) is 3.00. The van der Waals surface area contributed by atoms with Crippen molar-refractivity contribution in [2.45, 2.75) is 6.92 Å². The summed E-state index contributed by atoms with van der Waals surface area (Å²) in [5, 5.41) is 9.67. The number of benzene rings is 2. The Kier molecular flexibility index (Phi) is 4.56. The summed E-state index contributed by atoms with van der Waals surface area (Å²) in [6.07, 6.45) is 1.13. The molecule has 1 heterocycles. The zero-order valence-corrected chi connectivity index (χ0v) is 14.5. The minimum atomic E-state index is -3.35. The fourth-order valence-electron chi connectivity index (χ4n) is 3.20. The molecule has 1 saturated heterocycles. The van der Waals surface area contributed by atoms with Crippen LogP contribution in [0.4, 0.5) is 11.4 Å². The molecule has 2 aromatic carbocycles. The third-order valence-corrected chi connectivity index (χ3v) is 7.98. The van der Waals surface area contributed by atoms with Crippen molar-refractivity contribution in [3.05, 3.63) is 72.1 Å². The van der Waals surface area contributed by atoms with Crippen LogP contribution in [0.5, 0.6) is 0 Å². The van der Waals surface area contributed by atoms with Gasteiger partial charge in [0.05, 0.1) is 0 Å². The van der Waals surface area contributed by atoms with Gasteiger partial charge in [0.15, 0.2) is 0 Å². The summed E-state index contributed by atoms with van der Waals surface area (Å²) >= 11 is 0. The summed E-state index contributed by atoms with van der Waals surface area (Å²) < 4.78 is 3.93.